The minimum atomic E-state index is 0.468. The molecule has 1 N–H and O–H groups in total. The van der Waals surface area contributed by atoms with Gasteiger partial charge in [-0.1, -0.05) is 31.5 Å². The summed E-state index contributed by atoms with van der Waals surface area (Å²) in [5, 5.41) is 3.39. The fraction of sp³-hybridized carbons (Fsp3) is 0.353. The van der Waals surface area contributed by atoms with E-state index >= 15 is 0 Å². The third-order valence-corrected chi connectivity index (χ3v) is 3.30. The molecule has 0 spiro atoms. The van der Waals surface area contributed by atoms with Gasteiger partial charge in [0.1, 0.15) is 0 Å². The third kappa shape index (κ3) is 3.81. The zero-order chi connectivity index (χ0) is 14.5. The first-order valence-electron chi connectivity index (χ1n) is 7.05. The van der Waals surface area contributed by atoms with Crippen molar-refractivity contribution < 1.29 is 0 Å². The number of pyridine rings is 1. The van der Waals surface area contributed by atoms with Crippen LogP contribution >= 0.6 is 0 Å². The Kier molecular flexibility index (Phi) is 4.74. The van der Waals surface area contributed by atoms with Crippen LogP contribution in [0.4, 0.5) is 11.4 Å². The van der Waals surface area contributed by atoms with E-state index in [4.69, 9.17) is 0 Å². The van der Waals surface area contributed by atoms with Gasteiger partial charge in [-0.2, -0.15) is 0 Å². The zero-order valence-corrected chi connectivity index (χ0v) is 12.7. The lowest BCUT2D eigenvalue weighted by atomic mass is 10.2. The molecule has 3 nitrogen and oxygen atoms in total. The smallest absolute Gasteiger partial charge is 0.0562 e. The van der Waals surface area contributed by atoms with Crippen LogP contribution in [0.1, 0.15) is 25.1 Å². The number of nitrogens with one attached hydrogen (secondary N) is 1. The van der Waals surface area contributed by atoms with Crippen molar-refractivity contribution in [1.29, 1.82) is 0 Å². The number of rotatable bonds is 5. The van der Waals surface area contributed by atoms with E-state index < -0.39 is 0 Å². The maximum Gasteiger partial charge on any atom is 0.0562 e. The van der Waals surface area contributed by atoms with Gasteiger partial charge in [0.2, 0.25) is 0 Å². The zero-order valence-electron chi connectivity index (χ0n) is 12.7. The largest absolute Gasteiger partial charge is 0.345 e. The molecule has 20 heavy (non-hydrogen) atoms. The minimum Gasteiger partial charge on any atom is -0.345 e. The maximum absolute atomic E-state index is 4.41. The Morgan fingerprint density at radius 1 is 1.10 bits per heavy atom. The van der Waals surface area contributed by atoms with Gasteiger partial charge in [-0.05, 0) is 31.2 Å². The summed E-state index contributed by atoms with van der Waals surface area (Å²) in [4.78, 5) is 6.59. The van der Waals surface area contributed by atoms with Gasteiger partial charge in [0.25, 0.3) is 0 Å². The van der Waals surface area contributed by atoms with Gasteiger partial charge in [0.05, 0.1) is 5.69 Å². The molecule has 0 radical (unpaired) electrons. The molecule has 1 aromatic carbocycles. The van der Waals surface area contributed by atoms with E-state index in [0.717, 1.165) is 17.9 Å². The van der Waals surface area contributed by atoms with Gasteiger partial charge in [-0.15, -0.1) is 0 Å². The van der Waals surface area contributed by atoms with Crippen molar-refractivity contribution in [3.8, 4) is 0 Å². The van der Waals surface area contributed by atoms with Gasteiger partial charge >= 0.3 is 0 Å². The molecule has 0 fully saturated rings. The second kappa shape index (κ2) is 6.53. The minimum absolute atomic E-state index is 0.468. The average Bonchev–Trinajstić information content (AvgIpc) is 2.45. The second-order valence-corrected chi connectivity index (χ2v) is 5.44. The molecule has 0 saturated carbocycles. The molecule has 1 heterocycles. The van der Waals surface area contributed by atoms with Crippen molar-refractivity contribution in [2.75, 3.05) is 11.9 Å². The highest BCUT2D eigenvalue weighted by atomic mass is 15.1. The van der Waals surface area contributed by atoms with E-state index in [1.54, 1.807) is 0 Å². The number of aromatic nitrogens is 1. The van der Waals surface area contributed by atoms with Crippen LogP contribution in [-0.4, -0.2) is 18.1 Å². The normalized spacial score (nSPS) is 10.8. The molecule has 2 aromatic rings. The van der Waals surface area contributed by atoms with Crippen LogP contribution in [0.2, 0.25) is 0 Å². The van der Waals surface area contributed by atoms with Gasteiger partial charge in [0, 0.05) is 37.2 Å². The molecular weight excluding hydrogens is 246 g/mol. The van der Waals surface area contributed by atoms with E-state index in [9.17, 15) is 0 Å². The number of nitrogens with zero attached hydrogens (tertiary/aromatic N) is 2. The number of benzene rings is 1. The quantitative estimate of drug-likeness (QED) is 0.898. The van der Waals surface area contributed by atoms with Crippen LogP contribution in [0.25, 0.3) is 0 Å². The van der Waals surface area contributed by atoms with Crippen molar-refractivity contribution in [2.24, 2.45) is 0 Å². The molecular formula is C17H23N3. The molecule has 0 atom stereocenters. The lowest BCUT2D eigenvalue weighted by Gasteiger charge is -2.20. The Morgan fingerprint density at radius 2 is 1.80 bits per heavy atom. The van der Waals surface area contributed by atoms with Crippen molar-refractivity contribution in [3.63, 3.8) is 0 Å². The van der Waals surface area contributed by atoms with E-state index in [2.05, 4.69) is 73.4 Å². The SMILES string of the molecule is Cc1ccc(N(C)c2ccnc(CNC(C)C)c2)cc1. The molecule has 3 heteroatoms. The summed E-state index contributed by atoms with van der Waals surface area (Å²) < 4.78 is 0. The fourth-order valence-electron chi connectivity index (χ4n) is 2.00. The second-order valence-electron chi connectivity index (χ2n) is 5.44. The van der Waals surface area contributed by atoms with E-state index in [0.29, 0.717) is 6.04 Å². The first-order valence-corrected chi connectivity index (χ1v) is 7.05. The first-order chi connectivity index (χ1) is 9.56. The molecule has 2 rings (SSSR count). The maximum atomic E-state index is 4.41. The highest BCUT2D eigenvalue weighted by Crippen LogP contribution is 2.23. The van der Waals surface area contributed by atoms with Gasteiger partial charge in [-0.3, -0.25) is 4.98 Å². The van der Waals surface area contributed by atoms with Crippen LogP contribution in [0.15, 0.2) is 42.6 Å². The summed E-state index contributed by atoms with van der Waals surface area (Å²) in [6, 6.07) is 13.2. The number of aryl methyl sites for hydroxylation is 1. The van der Waals surface area contributed by atoms with Gasteiger partial charge in [0.15, 0.2) is 0 Å². The van der Waals surface area contributed by atoms with Gasteiger partial charge < -0.3 is 10.2 Å². The van der Waals surface area contributed by atoms with Crippen molar-refractivity contribution in [2.45, 2.75) is 33.4 Å². The van der Waals surface area contributed by atoms with Crippen LogP contribution in [-0.2, 0) is 6.54 Å². The Hall–Kier alpha value is -1.87. The van der Waals surface area contributed by atoms with Gasteiger partial charge in [-0.25, -0.2) is 0 Å². The van der Waals surface area contributed by atoms with E-state index in [1.807, 2.05) is 12.3 Å². The van der Waals surface area contributed by atoms with E-state index in [1.165, 1.54) is 11.3 Å². The predicted octanol–water partition coefficient (Wildman–Crippen LogP) is 3.66. The summed E-state index contributed by atoms with van der Waals surface area (Å²) in [5.74, 6) is 0. The summed E-state index contributed by atoms with van der Waals surface area (Å²) in [7, 11) is 2.08. The Labute approximate surface area is 121 Å². The molecule has 0 aliphatic rings. The molecule has 1 aromatic heterocycles. The van der Waals surface area contributed by atoms with Crippen LogP contribution < -0.4 is 10.2 Å². The number of hydrogen-bond donors (Lipinski definition) is 1. The molecule has 0 saturated heterocycles. The lowest BCUT2D eigenvalue weighted by molar-refractivity contribution is 0.581. The molecule has 0 aliphatic carbocycles. The predicted molar refractivity (Wildman–Crippen MR) is 85.5 cm³/mol. The highest BCUT2D eigenvalue weighted by molar-refractivity contribution is 5.62. The topological polar surface area (TPSA) is 28.2 Å². The summed E-state index contributed by atoms with van der Waals surface area (Å²) in [5.41, 5.74) is 4.68. The van der Waals surface area contributed by atoms with Crippen LogP contribution in [0.5, 0.6) is 0 Å². The van der Waals surface area contributed by atoms with Crippen LogP contribution in [0.3, 0.4) is 0 Å². The Balaban J connectivity index is 2.15. The van der Waals surface area contributed by atoms with Crippen LogP contribution in [0, 0.1) is 6.92 Å². The Bertz CT molecular complexity index is 546. The summed E-state index contributed by atoms with van der Waals surface area (Å²) >= 11 is 0. The van der Waals surface area contributed by atoms with Crippen molar-refractivity contribution in [1.82, 2.24) is 10.3 Å². The van der Waals surface area contributed by atoms with Crippen molar-refractivity contribution in [3.05, 3.63) is 53.9 Å². The molecule has 0 aliphatic heterocycles. The molecule has 0 bridgehead atoms. The number of hydrogen-bond acceptors (Lipinski definition) is 3. The van der Waals surface area contributed by atoms with Crippen molar-refractivity contribution >= 4 is 11.4 Å². The molecule has 0 amide bonds. The molecule has 106 valence electrons. The number of anilines is 2. The average molecular weight is 269 g/mol. The molecule has 0 unspecified atom stereocenters. The summed E-state index contributed by atoms with van der Waals surface area (Å²) in [6.45, 7) is 7.18. The lowest BCUT2D eigenvalue weighted by Crippen LogP contribution is -2.22. The summed E-state index contributed by atoms with van der Waals surface area (Å²) in [6.07, 6.45) is 1.87. The first kappa shape index (κ1) is 14.5. The monoisotopic (exact) mass is 269 g/mol. The Morgan fingerprint density at radius 3 is 2.45 bits per heavy atom. The fourth-order valence-corrected chi connectivity index (χ4v) is 2.00. The standard InChI is InChI=1S/C17H23N3/c1-13(2)19-12-15-11-17(9-10-18-15)20(4)16-7-5-14(3)6-8-16/h5-11,13,19H,12H2,1-4H3. The van der Waals surface area contributed by atoms with E-state index in [-0.39, 0.29) is 0 Å². The highest BCUT2D eigenvalue weighted by Gasteiger charge is 2.05. The third-order valence-electron chi connectivity index (χ3n) is 3.30.